The standard InChI is InChI=1S/C18H28N2O2/c1-5-14(6-2)18(21)20-11-10-19(3)17(13-20)15-8-7-9-16(12-15)22-4/h7-9,12,14,17H,5-6,10-11,13H2,1-4H3. The third-order valence-corrected chi connectivity index (χ3v) is 4.77. The number of methoxy groups -OCH3 is 1. The molecule has 22 heavy (non-hydrogen) atoms. The number of likely N-dealkylation sites (N-methyl/N-ethyl adjacent to an activating group) is 1. The van der Waals surface area contributed by atoms with Crippen LogP contribution in [0.2, 0.25) is 0 Å². The summed E-state index contributed by atoms with van der Waals surface area (Å²) in [7, 11) is 3.82. The number of ether oxygens (including phenoxy) is 1. The number of hydrogen-bond acceptors (Lipinski definition) is 3. The predicted molar refractivity (Wildman–Crippen MR) is 89.0 cm³/mol. The van der Waals surface area contributed by atoms with E-state index in [9.17, 15) is 4.79 Å². The molecule has 1 aromatic rings. The molecule has 1 unspecified atom stereocenters. The number of carbonyl (C=O) groups excluding carboxylic acids is 1. The van der Waals surface area contributed by atoms with Crippen molar-refractivity contribution in [2.45, 2.75) is 32.7 Å². The summed E-state index contributed by atoms with van der Waals surface area (Å²) < 4.78 is 5.33. The molecule has 1 amide bonds. The summed E-state index contributed by atoms with van der Waals surface area (Å²) in [5.74, 6) is 1.34. The Morgan fingerprint density at radius 2 is 2.05 bits per heavy atom. The van der Waals surface area contributed by atoms with Crippen LogP contribution in [0.3, 0.4) is 0 Å². The first-order valence-electron chi connectivity index (χ1n) is 8.23. The van der Waals surface area contributed by atoms with Crippen molar-refractivity contribution < 1.29 is 9.53 Å². The van der Waals surface area contributed by atoms with Crippen LogP contribution in [-0.4, -0.2) is 49.5 Å². The first-order chi connectivity index (χ1) is 10.6. The average molecular weight is 304 g/mol. The molecule has 0 bridgehead atoms. The van der Waals surface area contributed by atoms with Gasteiger partial charge in [0.1, 0.15) is 5.75 Å². The average Bonchev–Trinajstić information content (AvgIpc) is 2.56. The summed E-state index contributed by atoms with van der Waals surface area (Å²) >= 11 is 0. The SMILES string of the molecule is CCC(CC)C(=O)N1CCN(C)C(c2cccc(OC)c2)C1. The Bertz CT molecular complexity index is 500. The molecule has 0 N–H and O–H groups in total. The number of amides is 1. The highest BCUT2D eigenvalue weighted by Crippen LogP contribution is 2.28. The number of piperazine rings is 1. The third kappa shape index (κ3) is 3.61. The lowest BCUT2D eigenvalue weighted by molar-refractivity contribution is -0.138. The maximum atomic E-state index is 12.6. The van der Waals surface area contributed by atoms with E-state index in [2.05, 4.69) is 37.9 Å². The van der Waals surface area contributed by atoms with Gasteiger partial charge in [0.15, 0.2) is 0 Å². The molecular weight excluding hydrogens is 276 g/mol. The topological polar surface area (TPSA) is 32.8 Å². The van der Waals surface area contributed by atoms with Gasteiger partial charge in [0.05, 0.1) is 13.2 Å². The quantitative estimate of drug-likeness (QED) is 0.838. The highest BCUT2D eigenvalue weighted by Gasteiger charge is 2.30. The number of nitrogens with zero attached hydrogens (tertiary/aromatic N) is 2. The maximum absolute atomic E-state index is 12.6. The summed E-state index contributed by atoms with van der Waals surface area (Å²) in [5.41, 5.74) is 1.21. The van der Waals surface area contributed by atoms with Gasteiger partial charge < -0.3 is 9.64 Å². The fraction of sp³-hybridized carbons (Fsp3) is 0.611. The smallest absolute Gasteiger partial charge is 0.225 e. The second kappa shape index (κ2) is 7.63. The van der Waals surface area contributed by atoms with Crippen molar-refractivity contribution in [2.75, 3.05) is 33.8 Å². The largest absolute Gasteiger partial charge is 0.497 e. The number of rotatable bonds is 5. The van der Waals surface area contributed by atoms with Crippen molar-refractivity contribution in [3.63, 3.8) is 0 Å². The van der Waals surface area contributed by atoms with Gasteiger partial charge >= 0.3 is 0 Å². The minimum Gasteiger partial charge on any atom is -0.497 e. The molecule has 1 aromatic carbocycles. The van der Waals surface area contributed by atoms with Gasteiger partial charge in [-0.25, -0.2) is 0 Å². The molecule has 0 aromatic heterocycles. The molecule has 1 aliphatic heterocycles. The Labute approximate surface area is 134 Å². The Morgan fingerprint density at radius 3 is 2.68 bits per heavy atom. The Morgan fingerprint density at radius 1 is 1.32 bits per heavy atom. The molecule has 1 atom stereocenters. The molecule has 1 fully saturated rings. The van der Waals surface area contributed by atoms with E-state index in [1.54, 1.807) is 7.11 Å². The van der Waals surface area contributed by atoms with Gasteiger partial charge in [-0.1, -0.05) is 26.0 Å². The monoisotopic (exact) mass is 304 g/mol. The second-order valence-electron chi connectivity index (χ2n) is 6.07. The summed E-state index contributed by atoms with van der Waals surface area (Å²) in [5, 5.41) is 0. The van der Waals surface area contributed by atoms with Crippen LogP contribution in [0.25, 0.3) is 0 Å². The molecule has 122 valence electrons. The first kappa shape index (κ1) is 16.8. The second-order valence-corrected chi connectivity index (χ2v) is 6.07. The third-order valence-electron chi connectivity index (χ3n) is 4.77. The summed E-state index contributed by atoms with van der Waals surface area (Å²) in [6.45, 7) is 6.70. The van der Waals surface area contributed by atoms with Gasteiger partial charge in [-0.2, -0.15) is 0 Å². The van der Waals surface area contributed by atoms with Gasteiger partial charge in [0.2, 0.25) is 5.91 Å². The zero-order valence-electron chi connectivity index (χ0n) is 14.2. The van der Waals surface area contributed by atoms with Crippen LogP contribution >= 0.6 is 0 Å². The van der Waals surface area contributed by atoms with Crippen molar-refractivity contribution >= 4 is 5.91 Å². The zero-order chi connectivity index (χ0) is 16.1. The van der Waals surface area contributed by atoms with E-state index in [0.29, 0.717) is 5.91 Å². The molecule has 2 rings (SSSR count). The van der Waals surface area contributed by atoms with Crippen molar-refractivity contribution in [1.29, 1.82) is 0 Å². The van der Waals surface area contributed by atoms with Crippen molar-refractivity contribution in [1.82, 2.24) is 9.80 Å². The van der Waals surface area contributed by atoms with Crippen molar-refractivity contribution in [3.05, 3.63) is 29.8 Å². The number of benzene rings is 1. The van der Waals surface area contributed by atoms with Crippen molar-refractivity contribution in [3.8, 4) is 5.75 Å². The molecule has 4 heteroatoms. The normalized spacial score (nSPS) is 19.5. The Hall–Kier alpha value is -1.55. The lowest BCUT2D eigenvalue weighted by Crippen LogP contribution is -2.50. The Balaban J connectivity index is 2.15. The molecule has 0 radical (unpaired) electrons. The van der Waals surface area contributed by atoms with E-state index in [-0.39, 0.29) is 12.0 Å². The van der Waals surface area contributed by atoms with E-state index >= 15 is 0 Å². The van der Waals surface area contributed by atoms with Crippen LogP contribution < -0.4 is 4.74 Å². The molecule has 0 saturated carbocycles. The number of hydrogen-bond donors (Lipinski definition) is 0. The molecule has 1 saturated heterocycles. The fourth-order valence-corrected chi connectivity index (χ4v) is 3.18. The molecular formula is C18H28N2O2. The molecule has 0 aliphatic carbocycles. The van der Waals surface area contributed by atoms with Crippen LogP contribution in [0, 0.1) is 5.92 Å². The van der Waals surface area contributed by atoms with Crippen LogP contribution in [-0.2, 0) is 4.79 Å². The van der Waals surface area contributed by atoms with Crippen LogP contribution in [0.4, 0.5) is 0 Å². The summed E-state index contributed by atoms with van der Waals surface area (Å²) in [4.78, 5) is 17.0. The van der Waals surface area contributed by atoms with Gasteiger partial charge in [0, 0.05) is 25.6 Å². The summed E-state index contributed by atoms with van der Waals surface area (Å²) in [6, 6.07) is 8.41. The van der Waals surface area contributed by atoms with Crippen LogP contribution in [0.15, 0.2) is 24.3 Å². The highest BCUT2D eigenvalue weighted by molar-refractivity contribution is 5.79. The van der Waals surface area contributed by atoms with Crippen LogP contribution in [0.5, 0.6) is 5.75 Å². The zero-order valence-corrected chi connectivity index (χ0v) is 14.2. The maximum Gasteiger partial charge on any atom is 0.225 e. The van der Waals surface area contributed by atoms with Crippen LogP contribution in [0.1, 0.15) is 38.3 Å². The van der Waals surface area contributed by atoms with Gasteiger partial charge in [-0.15, -0.1) is 0 Å². The molecule has 0 spiro atoms. The van der Waals surface area contributed by atoms with E-state index < -0.39 is 0 Å². The van der Waals surface area contributed by atoms with Crippen molar-refractivity contribution in [2.24, 2.45) is 5.92 Å². The van der Waals surface area contributed by atoms with Gasteiger partial charge in [-0.3, -0.25) is 9.69 Å². The van der Waals surface area contributed by atoms with E-state index in [1.807, 2.05) is 17.0 Å². The predicted octanol–water partition coefficient (Wildman–Crippen LogP) is 2.95. The molecule has 4 nitrogen and oxygen atoms in total. The van der Waals surface area contributed by atoms with Gasteiger partial charge in [-0.05, 0) is 37.6 Å². The molecule has 1 aliphatic rings. The number of carbonyl (C=O) groups is 1. The molecule has 1 heterocycles. The minimum atomic E-state index is 0.161. The van der Waals surface area contributed by atoms with E-state index in [4.69, 9.17) is 4.74 Å². The lowest BCUT2D eigenvalue weighted by Gasteiger charge is -2.41. The van der Waals surface area contributed by atoms with E-state index in [0.717, 1.165) is 38.2 Å². The minimum absolute atomic E-state index is 0.161. The summed E-state index contributed by atoms with van der Waals surface area (Å²) in [6.07, 6.45) is 1.84. The lowest BCUT2D eigenvalue weighted by atomic mass is 9.98. The Kier molecular flexibility index (Phi) is 5.83. The fourth-order valence-electron chi connectivity index (χ4n) is 3.18. The highest BCUT2D eigenvalue weighted by atomic mass is 16.5. The first-order valence-corrected chi connectivity index (χ1v) is 8.23. The van der Waals surface area contributed by atoms with E-state index in [1.165, 1.54) is 5.56 Å². The van der Waals surface area contributed by atoms with Gasteiger partial charge in [0.25, 0.3) is 0 Å².